The molecule has 2 aromatic carbocycles. The number of amides is 3. The van der Waals surface area contributed by atoms with Crippen molar-refractivity contribution in [1.29, 1.82) is 0 Å². The van der Waals surface area contributed by atoms with Crippen LogP contribution in [0.2, 0.25) is 0 Å². The fourth-order valence-corrected chi connectivity index (χ4v) is 5.02. The summed E-state index contributed by atoms with van der Waals surface area (Å²) in [6.45, 7) is 6.27. The number of carbonyl (C=O) groups excluding carboxylic acids is 3. The number of fused-ring (bicyclic) bond motifs is 1. The zero-order chi connectivity index (χ0) is 22.1. The highest BCUT2D eigenvalue weighted by Gasteiger charge is 2.50. The van der Waals surface area contributed by atoms with Crippen LogP contribution in [-0.2, 0) is 22.4 Å². The quantitative estimate of drug-likeness (QED) is 0.696. The van der Waals surface area contributed by atoms with E-state index < -0.39 is 0 Å². The minimum atomic E-state index is -0.234. The lowest BCUT2D eigenvalue weighted by Crippen LogP contribution is -2.31. The topological polar surface area (TPSA) is 66.5 Å². The van der Waals surface area contributed by atoms with Crippen molar-refractivity contribution in [1.82, 2.24) is 0 Å². The van der Waals surface area contributed by atoms with Gasteiger partial charge in [-0.25, -0.2) is 0 Å². The highest BCUT2D eigenvalue weighted by atomic mass is 16.2. The first-order valence-electron chi connectivity index (χ1n) is 11.3. The lowest BCUT2D eigenvalue weighted by atomic mass is 9.76. The van der Waals surface area contributed by atoms with Crippen molar-refractivity contribution < 1.29 is 14.4 Å². The second kappa shape index (κ2) is 8.66. The molecule has 5 heteroatoms. The maximum Gasteiger partial charge on any atom is 0.255 e. The molecule has 1 saturated heterocycles. The van der Waals surface area contributed by atoms with Gasteiger partial charge in [0, 0.05) is 11.3 Å². The lowest BCUT2D eigenvalue weighted by molar-refractivity contribution is -0.122. The minimum absolute atomic E-state index is 0.121. The Labute approximate surface area is 183 Å². The molecule has 1 aliphatic carbocycles. The van der Waals surface area contributed by atoms with Crippen LogP contribution in [0.3, 0.4) is 0 Å². The number of rotatable bonds is 5. The average Bonchev–Trinajstić information content (AvgIpc) is 3.03. The smallest absolute Gasteiger partial charge is 0.255 e. The first kappa shape index (κ1) is 21.3. The van der Waals surface area contributed by atoms with Crippen molar-refractivity contribution in [2.75, 3.05) is 10.2 Å². The van der Waals surface area contributed by atoms with E-state index in [4.69, 9.17) is 0 Å². The summed E-state index contributed by atoms with van der Waals surface area (Å²) in [7, 11) is 0. The number of aryl methyl sites for hydroxylation is 2. The first-order valence-corrected chi connectivity index (χ1v) is 11.3. The highest BCUT2D eigenvalue weighted by Crippen LogP contribution is 2.42. The minimum Gasteiger partial charge on any atom is -0.321 e. The van der Waals surface area contributed by atoms with E-state index >= 15 is 0 Å². The monoisotopic (exact) mass is 418 g/mol. The number of carbonyl (C=O) groups is 3. The van der Waals surface area contributed by atoms with E-state index in [-0.39, 0.29) is 29.6 Å². The molecule has 0 spiro atoms. The Kier molecular flexibility index (Phi) is 5.94. The van der Waals surface area contributed by atoms with Gasteiger partial charge in [0.25, 0.3) is 5.91 Å². The third kappa shape index (κ3) is 3.89. The zero-order valence-electron chi connectivity index (χ0n) is 18.5. The number of hydrogen-bond donors (Lipinski definition) is 1. The molecule has 1 N–H and O–H groups in total. The average molecular weight is 419 g/mol. The molecular weight excluding hydrogens is 388 g/mol. The number of hydrogen-bond acceptors (Lipinski definition) is 3. The van der Waals surface area contributed by atoms with Gasteiger partial charge in [-0.1, -0.05) is 45.0 Å². The number of nitrogens with zero attached hydrogens (tertiary/aromatic N) is 1. The van der Waals surface area contributed by atoms with Crippen LogP contribution in [-0.4, -0.2) is 17.7 Å². The maximum absolute atomic E-state index is 13.1. The van der Waals surface area contributed by atoms with E-state index in [1.807, 2.05) is 18.2 Å². The summed E-state index contributed by atoms with van der Waals surface area (Å²) in [6, 6.07) is 12.9. The van der Waals surface area contributed by atoms with Crippen LogP contribution in [0.15, 0.2) is 42.5 Å². The summed E-state index contributed by atoms with van der Waals surface area (Å²) in [4.78, 5) is 40.4. The van der Waals surface area contributed by atoms with E-state index in [1.165, 1.54) is 4.90 Å². The highest BCUT2D eigenvalue weighted by molar-refractivity contribution is 6.22. The number of imide groups is 1. The molecule has 3 atom stereocenters. The van der Waals surface area contributed by atoms with E-state index in [0.29, 0.717) is 17.2 Å². The summed E-state index contributed by atoms with van der Waals surface area (Å²) in [5.74, 6) is -0.459. The Morgan fingerprint density at radius 3 is 2.29 bits per heavy atom. The van der Waals surface area contributed by atoms with Gasteiger partial charge in [0.2, 0.25) is 11.8 Å². The SMILES string of the molecule is CCc1cccc(CC)c1NC(=O)c1cccc(N2C(=O)[C@@H]3CC[C@@H](C)C[C@H]3C2=O)c1. The molecule has 2 fully saturated rings. The molecule has 4 rings (SSSR count). The van der Waals surface area contributed by atoms with Gasteiger partial charge in [0.1, 0.15) is 0 Å². The fraction of sp³-hybridized carbons (Fsp3) is 0.423. The van der Waals surface area contributed by atoms with E-state index in [1.54, 1.807) is 24.3 Å². The molecule has 0 radical (unpaired) electrons. The molecule has 1 saturated carbocycles. The number of nitrogens with one attached hydrogen (secondary N) is 1. The molecule has 3 amide bonds. The van der Waals surface area contributed by atoms with Gasteiger partial charge in [0.15, 0.2) is 0 Å². The molecule has 5 nitrogen and oxygen atoms in total. The van der Waals surface area contributed by atoms with E-state index in [2.05, 4.69) is 26.1 Å². The Morgan fingerprint density at radius 2 is 1.61 bits per heavy atom. The van der Waals surface area contributed by atoms with Gasteiger partial charge in [-0.15, -0.1) is 0 Å². The summed E-state index contributed by atoms with van der Waals surface area (Å²) < 4.78 is 0. The predicted molar refractivity (Wildman–Crippen MR) is 122 cm³/mol. The van der Waals surface area contributed by atoms with Gasteiger partial charge < -0.3 is 5.32 Å². The largest absolute Gasteiger partial charge is 0.321 e. The second-order valence-electron chi connectivity index (χ2n) is 8.81. The molecule has 0 bridgehead atoms. The van der Waals surface area contributed by atoms with Crippen molar-refractivity contribution in [2.24, 2.45) is 17.8 Å². The first-order chi connectivity index (χ1) is 14.9. The molecule has 162 valence electrons. The van der Waals surface area contributed by atoms with Crippen molar-refractivity contribution in [3.63, 3.8) is 0 Å². The molecule has 1 aliphatic heterocycles. The third-order valence-electron chi connectivity index (χ3n) is 6.79. The molecule has 1 heterocycles. The van der Waals surface area contributed by atoms with Crippen molar-refractivity contribution in [3.8, 4) is 0 Å². The van der Waals surface area contributed by atoms with E-state index in [0.717, 1.165) is 48.9 Å². The molecule has 0 aromatic heterocycles. The van der Waals surface area contributed by atoms with E-state index in [9.17, 15) is 14.4 Å². The van der Waals surface area contributed by atoms with Gasteiger partial charge in [-0.2, -0.15) is 0 Å². The van der Waals surface area contributed by atoms with Crippen molar-refractivity contribution in [3.05, 3.63) is 59.2 Å². The number of para-hydroxylation sites is 1. The van der Waals surface area contributed by atoms with Crippen LogP contribution < -0.4 is 10.2 Å². The Balaban J connectivity index is 1.60. The number of anilines is 2. The molecular formula is C26H30N2O3. The lowest BCUT2D eigenvalue weighted by Gasteiger charge is -2.25. The summed E-state index contributed by atoms with van der Waals surface area (Å²) in [5.41, 5.74) is 3.97. The summed E-state index contributed by atoms with van der Waals surface area (Å²) >= 11 is 0. The van der Waals surface area contributed by atoms with Crippen LogP contribution >= 0.6 is 0 Å². The molecule has 31 heavy (non-hydrogen) atoms. The Hall–Kier alpha value is -2.95. The van der Waals surface area contributed by atoms with Gasteiger partial charge in [-0.05, 0) is 67.3 Å². The third-order valence-corrected chi connectivity index (χ3v) is 6.79. The Bertz CT molecular complexity index is 1010. The normalized spacial score (nSPS) is 23.1. The van der Waals surface area contributed by atoms with Crippen molar-refractivity contribution in [2.45, 2.75) is 52.9 Å². The zero-order valence-corrected chi connectivity index (χ0v) is 18.5. The predicted octanol–water partition coefficient (Wildman–Crippen LogP) is 4.99. The standard InChI is InChI=1S/C26H30N2O3/c1-4-17-8-6-9-18(5-2)23(17)27-24(29)19-10-7-11-20(15-19)28-25(30)21-13-12-16(3)14-22(21)26(28)31/h6-11,15-16,21-22H,4-5,12-14H2,1-3H3,(H,27,29)/t16-,21-,22-/m1/s1. The van der Waals surface area contributed by atoms with Crippen LogP contribution in [0.5, 0.6) is 0 Å². The molecule has 0 unspecified atom stereocenters. The summed E-state index contributed by atoms with van der Waals surface area (Å²) in [5, 5.41) is 3.07. The van der Waals surface area contributed by atoms with Gasteiger partial charge in [-0.3, -0.25) is 19.3 Å². The van der Waals surface area contributed by atoms with Crippen LogP contribution in [0.25, 0.3) is 0 Å². The molecule has 2 aliphatic rings. The molecule has 2 aromatic rings. The Morgan fingerprint density at radius 1 is 0.968 bits per heavy atom. The van der Waals surface area contributed by atoms with Crippen molar-refractivity contribution >= 4 is 29.1 Å². The van der Waals surface area contributed by atoms with Gasteiger partial charge in [0.05, 0.1) is 17.5 Å². The van der Waals surface area contributed by atoms with Crippen LogP contribution in [0, 0.1) is 17.8 Å². The number of benzene rings is 2. The summed E-state index contributed by atoms with van der Waals surface area (Å²) in [6.07, 6.45) is 4.15. The maximum atomic E-state index is 13.1. The van der Waals surface area contributed by atoms with Crippen LogP contribution in [0.1, 0.15) is 61.5 Å². The second-order valence-corrected chi connectivity index (χ2v) is 8.81. The fourth-order valence-electron chi connectivity index (χ4n) is 5.02. The van der Waals surface area contributed by atoms with Gasteiger partial charge >= 0.3 is 0 Å². The van der Waals surface area contributed by atoms with Crippen LogP contribution in [0.4, 0.5) is 11.4 Å².